The van der Waals surface area contributed by atoms with Gasteiger partial charge in [-0.25, -0.2) is 0 Å². The number of carbonyl (C=O) groups is 1. The molecular weight excluding hydrogens is 210 g/mol. The van der Waals surface area contributed by atoms with Crippen LogP contribution in [-0.2, 0) is 6.42 Å². The zero-order valence-electron chi connectivity index (χ0n) is 9.92. The molecule has 86 valence electrons. The largest absolute Gasteiger partial charge is 0.360 e. The predicted octanol–water partition coefficient (Wildman–Crippen LogP) is 3.51. The fraction of sp³-hybridized carbons (Fsp3) is 0.267. The van der Waals surface area contributed by atoms with Crippen LogP contribution in [0.25, 0.3) is 11.3 Å². The molecule has 0 fully saturated rings. The number of rotatable bonds is 1. The Bertz CT molecular complexity index is 580. The van der Waals surface area contributed by atoms with Crippen molar-refractivity contribution in [2.24, 2.45) is 0 Å². The second kappa shape index (κ2) is 3.88. The van der Waals surface area contributed by atoms with Crippen molar-refractivity contribution in [1.82, 2.24) is 4.98 Å². The highest BCUT2D eigenvalue weighted by molar-refractivity contribution is 6.00. The lowest BCUT2D eigenvalue weighted by molar-refractivity contribution is 0.0973. The Labute approximate surface area is 101 Å². The number of aromatic amines is 1. The molecule has 0 aliphatic heterocycles. The van der Waals surface area contributed by atoms with E-state index < -0.39 is 0 Å². The second-order valence-corrected chi connectivity index (χ2v) is 4.70. The number of ketones is 1. The van der Waals surface area contributed by atoms with Gasteiger partial charge in [0.15, 0.2) is 5.78 Å². The smallest absolute Gasteiger partial charge is 0.164 e. The van der Waals surface area contributed by atoms with Gasteiger partial charge in [-0.1, -0.05) is 23.8 Å². The van der Waals surface area contributed by atoms with E-state index in [0.29, 0.717) is 6.42 Å². The molecule has 0 spiro atoms. The molecule has 1 aliphatic rings. The third-order valence-corrected chi connectivity index (χ3v) is 3.43. The van der Waals surface area contributed by atoms with Crippen molar-refractivity contribution in [2.75, 3.05) is 0 Å². The van der Waals surface area contributed by atoms with Crippen molar-refractivity contribution in [3.8, 4) is 11.3 Å². The maximum absolute atomic E-state index is 11.8. The number of aryl methyl sites for hydroxylation is 1. The van der Waals surface area contributed by atoms with E-state index >= 15 is 0 Å². The fourth-order valence-corrected chi connectivity index (χ4v) is 2.58. The van der Waals surface area contributed by atoms with Gasteiger partial charge in [-0.15, -0.1) is 0 Å². The summed E-state index contributed by atoms with van der Waals surface area (Å²) in [6.45, 7) is 2.09. The highest BCUT2D eigenvalue weighted by Gasteiger charge is 2.21. The number of benzene rings is 1. The SMILES string of the molecule is Cc1cccc(-c2[nH]cc3c2CCCC3=O)c1. The minimum absolute atomic E-state index is 0.279. The van der Waals surface area contributed by atoms with Gasteiger partial charge >= 0.3 is 0 Å². The van der Waals surface area contributed by atoms with E-state index in [0.717, 1.165) is 24.1 Å². The van der Waals surface area contributed by atoms with Gasteiger partial charge in [0, 0.05) is 23.9 Å². The van der Waals surface area contributed by atoms with Gasteiger partial charge in [-0.05, 0) is 37.0 Å². The van der Waals surface area contributed by atoms with Crippen molar-refractivity contribution in [1.29, 1.82) is 0 Å². The molecule has 0 radical (unpaired) electrons. The van der Waals surface area contributed by atoms with Gasteiger partial charge in [0.25, 0.3) is 0 Å². The average Bonchev–Trinajstić information content (AvgIpc) is 2.74. The molecule has 17 heavy (non-hydrogen) atoms. The molecular formula is C15H15NO. The van der Waals surface area contributed by atoms with Gasteiger partial charge in [0.05, 0.1) is 0 Å². The highest BCUT2D eigenvalue weighted by Crippen LogP contribution is 2.31. The van der Waals surface area contributed by atoms with E-state index in [1.807, 2.05) is 6.20 Å². The lowest BCUT2D eigenvalue weighted by Crippen LogP contribution is -2.08. The summed E-state index contributed by atoms with van der Waals surface area (Å²) in [5.74, 6) is 0.279. The molecule has 0 saturated carbocycles. The first-order valence-electron chi connectivity index (χ1n) is 6.06. The summed E-state index contributed by atoms with van der Waals surface area (Å²) >= 11 is 0. The van der Waals surface area contributed by atoms with Gasteiger partial charge < -0.3 is 4.98 Å². The van der Waals surface area contributed by atoms with Crippen LogP contribution in [0, 0.1) is 6.92 Å². The molecule has 0 bridgehead atoms. The molecule has 0 saturated heterocycles. The summed E-state index contributed by atoms with van der Waals surface area (Å²) in [4.78, 5) is 15.0. The number of carbonyl (C=O) groups excluding carboxylic acids is 1. The first-order chi connectivity index (χ1) is 8.25. The number of fused-ring (bicyclic) bond motifs is 1. The van der Waals surface area contributed by atoms with E-state index in [1.54, 1.807) is 0 Å². The number of aromatic nitrogens is 1. The zero-order chi connectivity index (χ0) is 11.8. The summed E-state index contributed by atoms with van der Waals surface area (Å²) in [5, 5.41) is 0. The molecule has 2 nitrogen and oxygen atoms in total. The standard InChI is InChI=1S/C15H15NO/c1-10-4-2-5-11(8-10)15-12-6-3-7-14(17)13(12)9-16-15/h2,4-5,8-9,16H,3,6-7H2,1H3. The Morgan fingerprint density at radius 2 is 2.12 bits per heavy atom. The lowest BCUT2D eigenvalue weighted by Gasteiger charge is -2.12. The van der Waals surface area contributed by atoms with E-state index in [1.165, 1.54) is 16.7 Å². The Kier molecular flexibility index (Phi) is 2.36. The monoisotopic (exact) mass is 225 g/mol. The highest BCUT2D eigenvalue weighted by atomic mass is 16.1. The van der Waals surface area contributed by atoms with Crippen LogP contribution in [0.4, 0.5) is 0 Å². The van der Waals surface area contributed by atoms with Crippen LogP contribution >= 0.6 is 0 Å². The molecule has 0 atom stereocenters. The summed E-state index contributed by atoms with van der Waals surface area (Å²) in [6.07, 6.45) is 4.54. The molecule has 3 rings (SSSR count). The summed E-state index contributed by atoms with van der Waals surface area (Å²) in [5.41, 5.74) is 5.64. The zero-order valence-corrected chi connectivity index (χ0v) is 9.92. The number of H-pyrrole nitrogens is 1. The summed E-state index contributed by atoms with van der Waals surface area (Å²) in [6, 6.07) is 8.40. The van der Waals surface area contributed by atoms with Crippen LogP contribution in [0.5, 0.6) is 0 Å². The van der Waals surface area contributed by atoms with Crippen LogP contribution in [0.3, 0.4) is 0 Å². The molecule has 1 aromatic heterocycles. The van der Waals surface area contributed by atoms with Gasteiger partial charge in [-0.2, -0.15) is 0 Å². The number of nitrogens with one attached hydrogen (secondary N) is 1. The molecule has 1 aliphatic carbocycles. The van der Waals surface area contributed by atoms with Gasteiger partial charge in [-0.3, -0.25) is 4.79 Å². The number of Topliss-reactive ketones (excluding diaryl/α,β-unsaturated/α-hetero) is 1. The van der Waals surface area contributed by atoms with E-state index in [4.69, 9.17) is 0 Å². The lowest BCUT2D eigenvalue weighted by atomic mass is 9.91. The molecule has 0 amide bonds. The van der Waals surface area contributed by atoms with Crippen molar-refractivity contribution in [2.45, 2.75) is 26.2 Å². The first-order valence-corrected chi connectivity index (χ1v) is 6.06. The van der Waals surface area contributed by atoms with Crippen molar-refractivity contribution >= 4 is 5.78 Å². The third kappa shape index (κ3) is 1.70. The average molecular weight is 225 g/mol. The van der Waals surface area contributed by atoms with Crippen LogP contribution in [0.1, 0.15) is 34.3 Å². The second-order valence-electron chi connectivity index (χ2n) is 4.70. The summed E-state index contributed by atoms with van der Waals surface area (Å²) in [7, 11) is 0. The molecule has 1 N–H and O–H groups in total. The van der Waals surface area contributed by atoms with Crippen LogP contribution in [0.2, 0.25) is 0 Å². The maximum atomic E-state index is 11.8. The van der Waals surface area contributed by atoms with E-state index in [9.17, 15) is 4.79 Å². The van der Waals surface area contributed by atoms with Crippen molar-refractivity contribution in [3.63, 3.8) is 0 Å². The number of hydrogen-bond donors (Lipinski definition) is 1. The Morgan fingerprint density at radius 3 is 2.94 bits per heavy atom. The maximum Gasteiger partial charge on any atom is 0.164 e. The molecule has 2 heteroatoms. The van der Waals surface area contributed by atoms with E-state index in [2.05, 4.69) is 36.2 Å². The van der Waals surface area contributed by atoms with Crippen LogP contribution in [0.15, 0.2) is 30.5 Å². The molecule has 1 aromatic carbocycles. The predicted molar refractivity (Wildman–Crippen MR) is 68.2 cm³/mol. The van der Waals surface area contributed by atoms with Crippen molar-refractivity contribution in [3.05, 3.63) is 47.2 Å². The Morgan fingerprint density at radius 1 is 1.24 bits per heavy atom. The molecule has 0 unspecified atom stereocenters. The first kappa shape index (κ1) is 10.3. The van der Waals surface area contributed by atoms with Crippen LogP contribution < -0.4 is 0 Å². The van der Waals surface area contributed by atoms with Crippen molar-refractivity contribution < 1.29 is 4.79 Å². The minimum atomic E-state index is 0.279. The molecule has 1 heterocycles. The third-order valence-electron chi connectivity index (χ3n) is 3.43. The van der Waals surface area contributed by atoms with E-state index in [-0.39, 0.29) is 5.78 Å². The van der Waals surface area contributed by atoms with Gasteiger partial charge in [0.1, 0.15) is 0 Å². The Balaban J connectivity index is 2.13. The Hall–Kier alpha value is -1.83. The topological polar surface area (TPSA) is 32.9 Å². The van der Waals surface area contributed by atoms with Gasteiger partial charge in [0.2, 0.25) is 0 Å². The quantitative estimate of drug-likeness (QED) is 0.791. The normalized spacial score (nSPS) is 14.8. The van der Waals surface area contributed by atoms with Crippen LogP contribution in [-0.4, -0.2) is 10.8 Å². The minimum Gasteiger partial charge on any atom is -0.360 e. The molecule has 2 aromatic rings. The summed E-state index contributed by atoms with van der Waals surface area (Å²) < 4.78 is 0. The number of hydrogen-bond acceptors (Lipinski definition) is 1. The fourth-order valence-electron chi connectivity index (χ4n) is 2.58.